The summed E-state index contributed by atoms with van der Waals surface area (Å²) < 4.78 is 10.7. The average Bonchev–Trinajstić information content (AvgIpc) is 2.78. The molecule has 1 N–H and O–H groups in total. The van der Waals surface area contributed by atoms with E-state index in [1.165, 1.54) is 19.2 Å². The number of methoxy groups -OCH3 is 1. The minimum atomic E-state index is -0.157. The fraction of sp³-hybridized carbons (Fsp3) is 0.0625. The molecule has 0 aromatic heterocycles. The zero-order valence-corrected chi connectivity index (χ0v) is 10.8. The number of hydrogen-bond acceptors (Lipinski definition) is 4. The lowest BCUT2D eigenvalue weighted by Crippen LogP contribution is -1.98. The predicted molar refractivity (Wildman–Crippen MR) is 74.0 cm³/mol. The Balaban J connectivity index is 2.01. The van der Waals surface area contributed by atoms with E-state index in [2.05, 4.69) is 0 Å². The van der Waals surface area contributed by atoms with Crippen LogP contribution in [0.25, 0.3) is 6.08 Å². The van der Waals surface area contributed by atoms with Gasteiger partial charge in [0.2, 0.25) is 5.78 Å². The third kappa shape index (κ3) is 2.01. The Kier molecular flexibility index (Phi) is 2.91. The molecule has 2 aromatic rings. The van der Waals surface area contributed by atoms with Crippen LogP contribution in [0.5, 0.6) is 17.2 Å². The molecule has 0 saturated heterocycles. The number of carbonyl (C=O) groups is 1. The minimum absolute atomic E-state index is 0.103. The van der Waals surface area contributed by atoms with E-state index in [0.717, 1.165) is 0 Å². The van der Waals surface area contributed by atoms with Gasteiger partial charge in [-0.3, -0.25) is 4.79 Å². The lowest BCUT2D eigenvalue weighted by Gasteiger charge is -2.06. The van der Waals surface area contributed by atoms with E-state index in [9.17, 15) is 9.90 Å². The van der Waals surface area contributed by atoms with Crippen LogP contribution in [0, 0.1) is 0 Å². The van der Waals surface area contributed by atoms with Crippen LogP contribution in [-0.4, -0.2) is 18.0 Å². The van der Waals surface area contributed by atoms with Gasteiger partial charge in [0.25, 0.3) is 0 Å². The van der Waals surface area contributed by atoms with E-state index >= 15 is 0 Å². The first-order chi connectivity index (χ1) is 9.69. The maximum atomic E-state index is 12.2. The number of carbonyl (C=O) groups excluding carboxylic acids is 1. The summed E-state index contributed by atoms with van der Waals surface area (Å²) in [4.78, 5) is 12.2. The van der Waals surface area contributed by atoms with Gasteiger partial charge < -0.3 is 14.6 Å². The molecule has 1 aliphatic rings. The van der Waals surface area contributed by atoms with Gasteiger partial charge in [-0.15, -0.1) is 0 Å². The largest absolute Gasteiger partial charge is 0.508 e. The molecule has 4 heteroatoms. The van der Waals surface area contributed by atoms with E-state index in [4.69, 9.17) is 9.47 Å². The molecule has 0 atom stereocenters. The fourth-order valence-electron chi connectivity index (χ4n) is 2.10. The summed E-state index contributed by atoms with van der Waals surface area (Å²) in [6, 6.07) is 11.8. The second-order valence-electron chi connectivity index (χ2n) is 4.36. The van der Waals surface area contributed by atoms with Crippen molar-refractivity contribution in [1.82, 2.24) is 0 Å². The predicted octanol–water partition coefficient (Wildman–Crippen LogP) is 3.02. The molecule has 20 heavy (non-hydrogen) atoms. The lowest BCUT2D eigenvalue weighted by atomic mass is 10.1. The van der Waals surface area contributed by atoms with Crippen LogP contribution in [0.1, 0.15) is 15.9 Å². The minimum Gasteiger partial charge on any atom is -0.508 e. The Bertz CT molecular complexity index is 716. The first-order valence-corrected chi connectivity index (χ1v) is 6.09. The molecule has 0 aliphatic carbocycles. The molecule has 0 radical (unpaired) electrons. The smallest absolute Gasteiger partial charge is 0.231 e. The van der Waals surface area contributed by atoms with Gasteiger partial charge in [-0.2, -0.15) is 0 Å². The van der Waals surface area contributed by atoms with Gasteiger partial charge in [0.05, 0.1) is 12.7 Å². The number of ether oxygens (including phenoxy) is 2. The zero-order chi connectivity index (χ0) is 14.1. The molecule has 0 fully saturated rings. The average molecular weight is 268 g/mol. The van der Waals surface area contributed by atoms with Crippen molar-refractivity contribution in [2.45, 2.75) is 0 Å². The third-order valence-corrected chi connectivity index (χ3v) is 3.08. The number of aromatic hydroxyl groups is 1. The SMILES string of the molecule is COc1cc(O)ccc1/C=C1\Oc2ccccc2C1=O. The first-order valence-electron chi connectivity index (χ1n) is 6.09. The summed E-state index contributed by atoms with van der Waals surface area (Å²) in [6.07, 6.45) is 1.61. The first kappa shape index (κ1) is 12.3. The summed E-state index contributed by atoms with van der Waals surface area (Å²) in [5.41, 5.74) is 1.22. The molecule has 3 rings (SSSR count). The highest BCUT2D eigenvalue weighted by Crippen LogP contribution is 2.33. The standard InChI is InChI=1S/C16H12O4/c1-19-14-9-11(17)7-6-10(14)8-15-16(18)12-4-2-3-5-13(12)20-15/h2-9,17H,1H3/b15-8-. The summed E-state index contributed by atoms with van der Waals surface area (Å²) in [5.74, 6) is 1.23. The number of fused-ring (bicyclic) bond motifs is 1. The number of phenols is 1. The number of ketones is 1. The molecule has 0 bridgehead atoms. The van der Waals surface area contributed by atoms with Gasteiger partial charge in [-0.25, -0.2) is 0 Å². The monoisotopic (exact) mass is 268 g/mol. The maximum Gasteiger partial charge on any atom is 0.231 e. The van der Waals surface area contributed by atoms with Crippen LogP contribution in [0.15, 0.2) is 48.2 Å². The van der Waals surface area contributed by atoms with Crippen molar-refractivity contribution in [3.63, 3.8) is 0 Å². The van der Waals surface area contributed by atoms with Crippen LogP contribution in [0.2, 0.25) is 0 Å². The van der Waals surface area contributed by atoms with Gasteiger partial charge >= 0.3 is 0 Å². The number of allylic oxidation sites excluding steroid dienone is 1. The van der Waals surface area contributed by atoms with Crippen molar-refractivity contribution in [3.8, 4) is 17.2 Å². The van der Waals surface area contributed by atoms with Crippen molar-refractivity contribution in [1.29, 1.82) is 0 Å². The Morgan fingerprint density at radius 1 is 1.20 bits per heavy atom. The Labute approximate surface area is 115 Å². The molecular weight excluding hydrogens is 256 g/mol. The van der Waals surface area contributed by atoms with Gasteiger partial charge in [-0.1, -0.05) is 12.1 Å². The van der Waals surface area contributed by atoms with Crippen LogP contribution >= 0.6 is 0 Å². The van der Waals surface area contributed by atoms with Crippen molar-refractivity contribution < 1.29 is 19.4 Å². The quantitative estimate of drug-likeness (QED) is 0.851. The van der Waals surface area contributed by atoms with Crippen molar-refractivity contribution >= 4 is 11.9 Å². The molecule has 0 amide bonds. The maximum absolute atomic E-state index is 12.2. The highest BCUT2D eigenvalue weighted by molar-refractivity contribution is 6.14. The molecule has 100 valence electrons. The fourth-order valence-corrected chi connectivity index (χ4v) is 2.10. The summed E-state index contributed by atoms with van der Waals surface area (Å²) >= 11 is 0. The van der Waals surface area contributed by atoms with Crippen LogP contribution in [-0.2, 0) is 0 Å². The molecular formula is C16H12O4. The van der Waals surface area contributed by atoms with Crippen LogP contribution < -0.4 is 9.47 Å². The molecule has 1 heterocycles. The van der Waals surface area contributed by atoms with Crippen molar-refractivity contribution in [2.75, 3.05) is 7.11 Å². The summed E-state index contributed by atoms with van der Waals surface area (Å²) in [5, 5.41) is 9.42. The summed E-state index contributed by atoms with van der Waals surface area (Å²) in [7, 11) is 1.50. The Morgan fingerprint density at radius 3 is 2.75 bits per heavy atom. The highest BCUT2D eigenvalue weighted by Gasteiger charge is 2.26. The van der Waals surface area contributed by atoms with E-state index in [1.54, 1.807) is 30.3 Å². The van der Waals surface area contributed by atoms with Gasteiger partial charge in [0.1, 0.15) is 17.2 Å². The van der Waals surface area contributed by atoms with Crippen LogP contribution in [0.3, 0.4) is 0 Å². The molecule has 1 aliphatic heterocycles. The van der Waals surface area contributed by atoms with E-state index < -0.39 is 0 Å². The normalized spacial score (nSPS) is 15.1. The van der Waals surface area contributed by atoms with Gasteiger partial charge in [0.15, 0.2) is 5.76 Å². The number of hydrogen-bond donors (Lipinski definition) is 1. The van der Waals surface area contributed by atoms with E-state index in [0.29, 0.717) is 22.6 Å². The van der Waals surface area contributed by atoms with E-state index in [-0.39, 0.29) is 17.3 Å². The number of Topliss-reactive ketones (excluding diaryl/α,β-unsaturated/α-hetero) is 1. The third-order valence-electron chi connectivity index (χ3n) is 3.08. The Morgan fingerprint density at radius 2 is 2.00 bits per heavy atom. The molecule has 2 aromatic carbocycles. The summed E-state index contributed by atoms with van der Waals surface area (Å²) in [6.45, 7) is 0. The zero-order valence-electron chi connectivity index (χ0n) is 10.8. The number of rotatable bonds is 2. The highest BCUT2D eigenvalue weighted by atomic mass is 16.5. The van der Waals surface area contributed by atoms with Gasteiger partial charge in [-0.05, 0) is 30.3 Å². The molecule has 0 unspecified atom stereocenters. The van der Waals surface area contributed by atoms with E-state index in [1.807, 2.05) is 6.07 Å². The van der Waals surface area contributed by atoms with Crippen molar-refractivity contribution in [3.05, 3.63) is 59.4 Å². The lowest BCUT2D eigenvalue weighted by molar-refractivity contribution is 0.101. The molecule has 0 saturated carbocycles. The Hall–Kier alpha value is -2.75. The number of para-hydroxylation sites is 1. The second-order valence-corrected chi connectivity index (χ2v) is 4.36. The van der Waals surface area contributed by atoms with Gasteiger partial charge in [0, 0.05) is 11.6 Å². The molecule has 4 nitrogen and oxygen atoms in total. The van der Waals surface area contributed by atoms with Crippen molar-refractivity contribution in [2.24, 2.45) is 0 Å². The van der Waals surface area contributed by atoms with Crippen LogP contribution in [0.4, 0.5) is 0 Å². The topological polar surface area (TPSA) is 55.8 Å². The molecule has 0 spiro atoms. The number of benzene rings is 2. The second kappa shape index (κ2) is 4.74. The number of phenolic OH excluding ortho intramolecular Hbond substituents is 1.